The first-order valence-electron chi connectivity index (χ1n) is 11.1. The maximum Gasteiger partial charge on any atom is 0.417 e. The van der Waals surface area contributed by atoms with Gasteiger partial charge in [0, 0.05) is 11.6 Å². The number of aromatic nitrogens is 2. The normalized spacial score (nSPS) is 12.2. The second-order valence-electron chi connectivity index (χ2n) is 8.42. The molecule has 0 amide bonds. The highest BCUT2D eigenvalue weighted by Gasteiger charge is 2.36. The number of phenolic OH excluding ortho intramolecular Hbond substituents is 1. The van der Waals surface area contributed by atoms with Crippen molar-refractivity contribution in [2.45, 2.75) is 26.1 Å². The molecular formula is C27H22F3N3O4. The maximum absolute atomic E-state index is 14.0. The number of halogens is 3. The Kier molecular flexibility index (Phi) is 6.76. The zero-order chi connectivity index (χ0) is 26.9. The van der Waals surface area contributed by atoms with Gasteiger partial charge in [0.15, 0.2) is 0 Å². The van der Waals surface area contributed by atoms with Gasteiger partial charge < -0.3 is 20.1 Å². The summed E-state index contributed by atoms with van der Waals surface area (Å²) in [5, 5.41) is 26.2. The molecule has 0 aliphatic heterocycles. The van der Waals surface area contributed by atoms with Crippen LogP contribution in [0.25, 0.3) is 34.0 Å². The third-order valence-electron chi connectivity index (χ3n) is 5.85. The molecule has 0 radical (unpaired) electrons. The van der Waals surface area contributed by atoms with E-state index < -0.39 is 23.5 Å². The first-order chi connectivity index (χ1) is 17.5. The number of benzene rings is 3. The van der Waals surface area contributed by atoms with Crippen molar-refractivity contribution in [3.63, 3.8) is 0 Å². The van der Waals surface area contributed by atoms with E-state index in [1.807, 2.05) is 0 Å². The summed E-state index contributed by atoms with van der Waals surface area (Å²) in [5.74, 6) is -1.76. The molecule has 7 nitrogen and oxygen atoms in total. The monoisotopic (exact) mass is 509 g/mol. The van der Waals surface area contributed by atoms with Gasteiger partial charge in [-0.3, -0.25) is 0 Å². The van der Waals surface area contributed by atoms with Crippen molar-refractivity contribution in [3.05, 3.63) is 89.6 Å². The number of rotatable bonds is 7. The molecule has 10 heteroatoms. The van der Waals surface area contributed by atoms with Crippen LogP contribution < -0.4 is 5.32 Å². The van der Waals surface area contributed by atoms with Crippen molar-refractivity contribution < 1.29 is 32.7 Å². The highest BCUT2D eigenvalue weighted by Crippen LogP contribution is 2.43. The lowest BCUT2D eigenvalue weighted by molar-refractivity contribution is -0.137. The minimum Gasteiger partial charge on any atom is -0.507 e. The second-order valence-corrected chi connectivity index (χ2v) is 8.42. The van der Waals surface area contributed by atoms with Crippen LogP contribution >= 0.6 is 0 Å². The van der Waals surface area contributed by atoms with Gasteiger partial charge in [0.2, 0.25) is 5.82 Å². The Bertz CT molecular complexity index is 1480. The zero-order valence-corrected chi connectivity index (χ0v) is 19.8. The lowest BCUT2D eigenvalue weighted by Crippen LogP contribution is -2.22. The van der Waals surface area contributed by atoms with Crippen LogP contribution in [0.5, 0.6) is 5.75 Å². The Labute approximate surface area is 209 Å². The summed E-state index contributed by atoms with van der Waals surface area (Å²) in [6, 6.07) is 14.9. The Morgan fingerprint density at radius 2 is 1.73 bits per heavy atom. The van der Waals surface area contributed by atoms with E-state index in [0.717, 1.165) is 17.7 Å². The minimum absolute atomic E-state index is 0.105. The van der Waals surface area contributed by atoms with E-state index in [2.05, 4.69) is 22.0 Å². The molecule has 1 atom stereocenters. The van der Waals surface area contributed by atoms with E-state index in [0.29, 0.717) is 16.7 Å². The van der Waals surface area contributed by atoms with Crippen LogP contribution in [0.1, 0.15) is 29.7 Å². The zero-order valence-electron chi connectivity index (χ0n) is 19.8. The number of hydrogen-bond donors (Lipinski definition) is 3. The number of aryl methyl sites for hydroxylation is 1. The lowest BCUT2D eigenvalue weighted by atomic mass is 9.93. The SMILES string of the molecule is C=C(N[C@H](C)c1ccc(-c2noc(-c3cc(C(F)(F)F)c(-c4ccccc4C)cc3O)n2)cc1)C(=O)O. The molecule has 3 N–H and O–H groups in total. The second kappa shape index (κ2) is 9.81. The molecule has 0 saturated heterocycles. The highest BCUT2D eigenvalue weighted by molar-refractivity contribution is 5.85. The molecule has 4 rings (SSSR count). The molecule has 0 aliphatic carbocycles. The Morgan fingerprint density at radius 3 is 2.35 bits per heavy atom. The highest BCUT2D eigenvalue weighted by atomic mass is 19.4. The van der Waals surface area contributed by atoms with E-state index in [-0.39, 0.29) is 34.6 Å². The van der Waals surface area contributed by atoms with Gasteiger partial charge in [0.25, 0.3) is 5.89 Å². The van der Waals surface area contributed by atoms with Crippen LogP contribution in [0.3, 0.4) is 0 Å². The largest absolute Gasteiger partial charge is 0.507 e. The number of aromatic hydroxyl groups is 1. The molecule has 0 saturated carbocycles. The molecule has 0 bridgehead atoms. The molecular weight excluding hydrogens is 487 g/mol. The Hall–Kier alpha value is -4.60. The number of hydrogen-bond acceptors (Lipinski definition) is 6. The summed E-state index contributed by atoms with van der Waals surface area (Å²) in [7, 11) is 0. The maximum atomic E-state index is 14.0. The first-order valence-corrected chi connectivity index (χ1v) is 11.1. The molecule has 1 heterocycles. The average molecular weight is 509 g/mol. The summed E-state index contributed by atoms with van der Waals surface area (Å²) in [5.41, 5.74) is 0.748. The van der Waals surface area contributed by atoms with E-state index in [1.54, 1.807) is 62.4 Å². The Balaban J connectivity index is 1.67. The third-order valence-corrected chi connectivity index (χ3v) is 5.85. The molecule has 37 heavy (non-hydrogen) atoms. The Morgan fingerprint density at radius 1 is 1.05 bits per heavy atom. The van der Waals surface area contributed by atoms with Crippen LogP contribution in [-0.4, -0.2) is 26.3 Å². The van der Waals surface area contributed by atoms with Gasteiger partial charge in [-0.2, -0.15) is 18.2 Å². The van der Waals surface area contributed by atoms with Crippen LogP contribution in [0.15, 0.2) is 77.5 Å². The predicted molar refractivity (Wildman–Crippen MR) is 130 cm³/mol. The van der Waals surface area contributed by atoms with Gasteiger partial charge in [0.05, 0.1) is 11.1 Å². The molecule has 0 spiro atoms. The number of nitrogens with zero attached hydrogens (tertiary/aromatic N) is 2. The summed E-state index contributed by atoms with van der Waals surface area (Å²) in [6.45, 7) is 6.89. The van der Waals surface area contributed by atoms with E-state index >= 15 is 0 Å². The molecule has 4 aromatic rings. The van der Waals surface area contributed by atoms with Gasteiger partial charge in [-0.1, -0.05) is 60.3 Å². The summed E-state index contributed by atoms with van der Waals surface area (Å²) >= 11 is 0. The van der Waals surface area contributed by atoms with Crippen LogP contribution in [0, 0.1) is 6.92 Å². The average Bonchev–Trinajstić information content (AvgIpc) is 3.33. The minimum atomic E-state index is -4.70. The van der Waals surface area contributed by atoms with Crippen molar-refractivity contribution in [2.75, 3.05) is 0 Å². The number of carboxylic acids is 1. The van der Waals surface area contributed by atoms with Crippen LogP contribution in [0.2, 0.25) is 0 Å². The fourth-order valence-electron chi connectivity index (χ4n) is 3.87. The summed E-state index contributed by atoms with van der Waals surface area (Å²) in [6.07, 6.45) is -4.70. The fraction of sp³-hybridized carbons (Fsp3) is 0.148. The van der Waals surface area contributed by atoms with Gasteiger partial charge >= 0.3 is 12.1 Å². The number of carboxylic acid groups (broad SMARTS) is 1. The van der Waals surface area contributed by atoms with Crippen LogP contribution in [-0.2, 0) is 11.0 Å². The number of alkyl halides is 3. The summed E-state index contributed by atoms with van der Waals surface area (Å²) in [4.78, 5) is 15.1. The summed E-state index contributed by atoms with van der Waals surface area (Å²) < 4.78 is 47.2. The van der Waals surface area contributed by atoms with E-state index in [4.69, 9.17) is 9.63 Å². The van der Waals surface area contributed by atoms with Crippen molar-refractivity contribution in [1.29, 1.82) is 0 Å². The molecule has 1 aromatic heterocycles. The van der Waals surface area contributed by atoms with Crippen molar-refractivity contribution in [3.8, 4) is 39.7 Å². The van der Waals surface area contributed by atoms with E-state index in [1.165, 1.54) is 0 Å². The van der Waals surface area contributed by atoms with E-state index in [9.17, 15) is 23.1 Å². The third kappa shape index (κ3) is 5.32. The van der Waals surface area contributed by atoms with Gasteiger partial charge in [-0.05, 0) is 48.2 Å². The molecule has 0 fully saturated rings. The van der Waals surface area contributed by atoms with Crippen LogP contribution in [0.4, 0.5) is 13.2 Å². The first kappa shape index (κ1) is 25.5. The molecule has 190 valence electrons. The molecule has 3 aromatic carbocycles. The van der Waals surface area contributed by atoms with Crippen molar-refractivity contribution in [1.82, 2.24) is 15.5 Å². The van der Waals surface area contributed by atoms with Crippen molar-refractivity contribution >= 4 is 5.97 Å². The number of aliphatic carboxylic acids is 1. The lowest BCUT2D eigenvalue weighted by Gasteiger charge is -2.16. The van der Waals surface area contributed by atoms with Gasteiger partial charge in [0.1, 0.15) is 11.4 Å². The smallest absolute Gasteiger partial charge is 0.417 e. The predicted octanol–water partition coefficient (Wildman–Crippen LogP) is 6.35. The molecule has 0 unspecified atom stereocenters. The number of phenols is 1. The van der Waals surface area contributed by atoms with Gasteiger partial charge in [-0.25, -0.2) is 4.79 Å². The topological polar surface area (TPSA) is 108 Å². The van der Waals surface area contributed by atoms with Crippen molar-refractivity contribution in [2.24, 2.45) is 0 Å². The molecule has 0 aliphatic rings. The number of nitrogens with one attached hydrogen (secondary N) is 1. The van der Waals surface area contributed by atoms with Gasteiger partial charge in [-0.15, -0.1) is 0 Å². The fourth-order valence-corrected chi connectivity index (χ4v) is 3.87. The standard InChI is InChI=1S/C27H22F3N3O4/c1-14-6-4-5-7-19(14)20-13-23(34)21(12-22(20)27(28,29)30)25-32-24(33-37-25)18-10-8-17(9-11-18)15(2)31-16(3)26(35)36/h4-13,15,31,34H,3H2,1-2H3,(H,35,36)/t15-/m1/s1. The quantitative estimate of drug-likeness (QED) is 0.249. The number of carbonyl (C=O) groups is 1.